The van der Waals surface area contributed by atoms with Gasteiger partial charge in [0, 0.05) is 13.2 Å². The third-order valence-electron chi connectivity index (χ3n) is 1.68. The standard InChI is InChI=1S/C8H19NO/c1-4-5-6-8(9-2)7-10-3/h8-9H,4-7H2,1-3H3. The number of rotatable bonds is 6. The monoisotopic (exact) mass is 145 g/mol. The fourth-order valence-corrected chi connectivity index (χ4v) is 0.963. The molecule has 0 amide bonds. The summed E-state index contributed by atoms with van der Waals surface area (Å²) in [6.07, 6.45) is 3.78. The van der Waals surface area contributed by atoms with Gasteiger partial charge in [-0.1, -0.05) is 19.8 Å². The van der Waals surface area contributed by atoms with Crippen LogP contribution in [0, 0.1) is 0 Å². The van der Waals surface area contributed by atoms with E-state index in [0.29, 0.717) is 6.04 Å². The summed E-state index contributed by atoms with van der Waals surface area (Å²) in [5.41, 5.74) is 0. The predicted octanol–water partition coefficient (Wildman–Crippen LogP) is 1.41. The minimum Gasteiger partial charge on any atom is -0.383 e. The summed E-state index contributed by atoms with van der Waals surface area (Å²) in [5, 5.41) is 3.21. The van der Waals surface area contributed by atoms with E-state index >= 15 is 0 Å². The topological polar surface area (TPSA) is 21.3 Å². The second-order valence-electron chi connectivity index (χ2n) is 2.58. The Morgan fingerprint density at radius 2 is 2.20 bits per heavy atom. The van der Waals surface area contributed by atoms with Gasteiger partial charge in [-0.25, -0.2) is 0 Å². The Morgan fingerprint density at radius 3 is 2.60 bits per heavy atom. The summed E-state index contributed by atoms with van der Waals surface area (Å²) >= 11 is 0. The number of hydrogen-bond donors (Lipinski definition) is 1. The maximum Gasteiger partial charge on any atom is 0.0615 e. The normalized spacial score (nSPS) is 13.5. The van der Waals surface area contributed by atoms with E-state index in [2.05, 4.69) is 12.2 Å². The molecule has 0 heterocycles. The molecular formula is C8H19NO. The fourth-order valence-electron chi connectivity index (χ4n) is 0.963. The Hall–Kier alpha value is -0.0800. The summed E-state index contributed by atoms with van der Waals surface area (Å²) in [7, 11) is 3.73. The lowest BCUT2D eigenvalue weighted by Crippen LogP contribution is -2.29. The zero-order valence-electron chi connectivity index (χ0n) is 7.31. The number of hydrogen-bond acceptors (Lipinski definition) is 2. The van der Waals surface area contributed by atoms with Crippen LogP contribution in [0.1, 0.15) is 26.2 Å². The maximum absolute atomic E-state index is 5.03. The Labute approximate surface area is 64.0 Å². The number of unbranched alkanes of at least 4 members (excludes halogenated alkanes) is 1. The van der Waals surface area contributed by atoms with Crippen LogP contribution < -0.4 is 5.32 Å². The smallest absolute Gasteiger partial charge is 0.0615 e. The van der Waals surface area contributed by atoms with Crippen molar-refractivity contribution in [1.82, 2.24) is 5.32 Å². The molecule has 0 aromatic carbocycles. The van der Waals surface area contributed by atoms with Gasteiger partial charge in [0.05, 0.1) is 6.61 Å². The number of nitrogens with one attached hydrogen (secondary N) is 1. The van der Waals surface area contributed by atoms with Crippen LogP contribution in [0.15, 0.2) is 0 Å². The highest BCUT2D eigenvalue weighted by molar-refractivity contribution is 4.61. The summed E-state index contributed by atoms with van der Waals surface area (Å²) in [6.45, 7) is 3.04. The Kier molecular flexibility index (Phi) is 6.98. The molecule has 0 radical (unpaired) electrons. The molecule has 62 valence electrons. The molecule has 0 saturated carbocycles. The number of ether oxygens (including phenoxy) is 1. The second-order valence-corrected chi connectivity index (χ2v) is 2.58. The number of methoxy groups -OCH3 is 1. The van der Waals surface area contributed by atoms with Gasteiger partial charge >= 0.3 is 0 Å². The van der Waals surface area contributed by atoms with Crippen LogP contribution >= 0.6 is 0 Å². The Morgan fingerprint density at radius 1 is 1.50 bits per heavy atom. The van der Waals surface area contributed by atoms with Crippen molar-refractivity contribution >= 4 is 0 Å². The lowest BCUT2D eigenvalue weighted by molar-refractivity contribution is 0.165. The van der Waals surface area contributed by atoms with E-state index in [1.165, 1.54) is 19.3 Å². The van der Waals surface area contributed by atoms with Crippen LogP contribution in [0.5, 0.6) is 0 Å². The molecule has 0 aliphatic carbocycles. The summed E-state index contributed by atoms with van der Waals surface area (Å²) in [5.74, 6) is 0. The molecule has 0 aromatic rings. The highest BCUT2D eigenvalue weighted by Gasteiger charge is 2.02. The van der Waals surface area contributed by atoms with Gasteiger partial charge in [0.2, 0.25) is 0 Å². The van der Waals surface area contributed by atoms with Crippen molar-refractivity contribution in [2.45, 2.75) is 32.2 Å². The Balaban J connectivity index is 3.21. The highest BCUT2D eigenvalue weighted by Crippen LogP contribution is 1.99. The van der Waals surface area contributed by atoms with Crippen molar-refractivity contribution < 1.29 is 4.74 Å². The molecular weight excluding hydrogens is 126 g/mol. The van der Waals surface area contributed by atoms with Crippen molar-refractivity contribution in [3.05, 3.63) is 0 Å². The summed E-state index contributed by atoms with van der Waals surface area (Å²) in [6, 6.07) is 0.546. The van der Waals surface area contributed by atoms with Gasteiger partial charge in [-0.05, 0) is 13.5 Å². The molecule has 0 aliphatic heterocycles. The van der Waals surface area contributed by atoms with Crippen LogP contribution in [0.2, 0.25) is 0 Å². The molecule has 0 aliphatic rings. The fraction of sp³-hybridized carbons (Fsp3) is 1.00. The molecule has 0 spiro atoms. The molecule has 0 saturated heterocycles. The van der Waals surface area contributed by atoms with E-state index in [1.54, 1.807) is 7.11 Å². The third-order valence-corrected chi connectivity index (χ3v) is 1.68. The first-order valence-corrected chi connectivity index (χ1v) is 4.01. The van der Waals surface area contributed by atoms with E-state index in [1.807, 2.05) is 7.05 Å². The van der Waals surface area contributed by atoms with Crippen LogP contribution in [-0.2, 0) is 4.74 Å². The first kappa shape index (κ1) is 9.92. The lowest BCUT2D eigenvalue weighted by atomic mass is 10.1. The van der Waals surface area contributed by atoms with Gasteiger partial charge in [0.1, 0.15) is 0 Å². The van der Waals surface area contributed by atoms with Crippen LogP contribution in [0.4, 0.5) is 0 Å². The van der Waals surface area contributed by atoms with Crippen molar-refractivity contribution in [3.63, 3.8) is 0 Å². The average molecular weight is 145 g/mol. The van der Waals surface area contributed by atoms with Crippen LogP contribution in [-0.4, -0.2) is 26.8 Å². The van der Waals surface area contributed by atoms with Gasteiger partial charge in [0.25, 0.3) is 0 Å². The van der Waals surface area contributed by atoms with Gasteiger partial charge in [-0.2, -0.15) is 0 Å². The minimum atomic E-state index is 0.546. The van der Waals surface area contributed by atoms with Crippen LogP contribution in [0.25, 0.3) is 0 Å². The number of likely N-dealkylation sites (N-methyl/N-ethyl adjacent to an activating group) is 1. The van der Waals surface area contributed by atoms with Crippen molar-refractivity contribution in [1.29, 1.82) is 0 Å². The van der Waals surface area contributed by atoms with Crippen molar-refractivity contribution in [2.75, 3.05) is 20.8 Å². The highest BCUT2D eigenvalue weighted by atomic mass is 16.5. The zero-order valence-corrected chi connectivity index (χ0v) is 7.31. The molecule has 1 N–H and O–H groups in total. The SMILES string of the molecule is CCCCC(COC)NC. The predicted molar refractivity (Wildman–Crippen MR) is 44.2 cm³/mol. The molecule has 0 aromatic heterocycles. The molecule has 0 rings (SSSR count). The largest absolute Gasteiger partial charge is 0.383 e. The molecule has 0 bridgehead atoms. The average Bonchev–Trinajstić information content (AvgIpc) is 1.98. The first-order chi connectivity index (χ1) is 4.85. The van der Waals surface area contributed by atoms with E-state index in [-0.39, 0.29) is 0 Å². The zero-order chi connectivity index (χ0) is 7.82. The second kappa shape index (κ2) is 7.03. The van der Waals surface area contributed by atoms with Crippen molar-refractivity contribution in [2.24, 2.45) is 0 Å². The van der Waals surface area contributed by atoms with Gasteiger partial charge in [0.15, 0.2) is 0 Å². The molecule has 0 fully saturated rings. The van der Waals surface area contributed by atoms with Gasteiger partial charge in [-0.3, -0.25) is 0 Å². The molecule has 1 atom stereocenters. The molecule has 10 heavy (non-hydrogen) atoms. The van der Waals surface area contributed by atoms with Crippen molar-refractivity contribution in [3.8, 4) is 0 Å². The third kappa shape index (κ3) is 4.77. The quantitative estimate of drug-likeness (QED) is 0.610. The van der Waals surface area contributed by atoms with Crippen LogP contribution in [0.3, 0.4) is 0 Å². The summed E-state index contributed by atoms with van der Waals surface area (Å²) < 4.78 is 5.03. The lowest BCUT2D eigenvalue weighted by Gasteiger charge is -2.13. The van der Waals surface area contributed by atoms with E-state index in [4.69, 9.17) is 4.74 Å². The molecule has 2 nitrogen and oxygen atoms in total. The first-order valence-electron chi connectivity index (χ1n) is 4.01. The Bertz CT molecular complexity index is 66.3. The summed E-state index contributed by atoms with van der Waals surface area (Å²) in [4.78, 5) is 0. The van der Waals surface area contributed by atoms with Gasteiger partial charge in [-0.15, -0.1) is 0 Å². The van der Waals surface area contributed by atoms with E-state index in [0.717, 1.165) is 6.61 Å². The van der Waals surface area contributed by atoms with E-state index < -0.39 is 0 Å². The van der Waals surface area contributed by atoms with Gasteiger partial charge < -0.3 is 10.1 Å². The maximum atomic E-state index is 5.03. The molecule has 1 unspecified atom stereocenters. The van der Waals surface area contributed by atoms with E-state index in [9.17, 15) is 0 Å². The molecule has 2 heteroatoms. The minimum absolute atomic E-state index is 0.546.